The molecule has 0 saturated heterocycles. The van der Waals surface area contributed by atoms with Gasteiger partial charge in [0.2, 0.25) is 0 Å². The highest BCUT2D eigenvalue weighted by Gasteiger charge is 2.12. The number of rotatable bonds is 5. The minimum atomic E-state index is 0.235. The number of anilines is 2. The van der Waals surface area contributed by atoms with Crippen LogP contribution in [0.15, 0.2) is 0 Å². The molecule has 0 atom stereocenters. The molecule has 0 radical (unpaired) electrons. The van der Waals surface area contributed by atoms with E-state index in [1.165, 1.54) is 0 Å². The van der Waals surface area contributed by atoms with E-state index in [0.717, 1.165) is 18.8 Å². The molecule has 0 aliphatic carbocycles. The van der Waals surface area contributed by atoms with Crippen LogP contribution in [0, 0.1) is 5.92 Å². The summed E-state index contributed by atoms with van der Waals surface area (Å²) in [5, 5.41) is 3.55. The fraction of sp³-hybridized carbons (Fsp3) is 0.667. The summed E-state index contributed by atoms with van der Waals surface area (Å²) in [6.07, 6.45) is 1.07. The topological polar surface area (TPSA) is 63.8 Å². The molecule has 0 aromatic carbocycles. The van der Waals surface area contributed by atoms with Gasteiger partial charge in [-0.3, -0.25) is 0 Å². The van der Waals surface area contributed by atoms with Gasteiger partial charge >= 0.3 is 0 Å². The molecular weight excluding hydrogens is 236 g/mol. The highest BCUT2D eigenvalue weighted by atomic mass is 35.5. The molecule has 1 heterocycles. The van der Waals surface area contributed by atoms with Crippen LogP contribution in [0.4, 0.5) is 11.5 Å². The van der Waals surface area contributed by atoms with Crippen molar-refractivity contribution in [3.05, 3.63) is 11.0 Å². The number of nitrogens with one attached hydrogen (secondary N) is 1. The van der Waals surface area contributed by atoms with Crippen molar-refractivity contribution < 1.29 is 0 Å². The van der Waals surface area contributed by atoms with E-state index >= 15 is 0 Å². The zero-order valence-electron chi connectivity index (χ0n) is 10.9. The van der Waals surface area contributed by atoms with Crippen LogP contribution in [0.1, 0.15) is 45.9 Å². The predicted octanol–water partition coefficient (Wildman–Crippen LogP) is 3.29. The van der Waals surface area contributed by atoms with Crippen molar-refractivity contribution in [1.82, 2.24) is 9.97 Å². The fourth-order valence-corrected chi connectivity index (χ4v) is 1.51. The van der Waals surface area contributed by atoms with E-state index in [4.69, 9.17) is 17.3 Å². The first kappa shape index (κ1) is 14.0. The van der Waals surface area contributed by atoms with E-state index in [0.29, 0.717) is 22.6 Å². The molecule has 17 heavy (non-hydrogen) atoms. The number of hydrogen-bond donors (Lipinski definition) is 2. The average Bonchev–Trinajstić information content (AvgIpc) is 2.23. The van der Waals surface area contributed by atoms with Crippen molar-refractivity contribution in [3.63, 3.8) is 0 Å². The van der Waals surface area contributed by atoms with Crippen LogP contribution in [0.25, 0.3) is 0 Å². The molecule has 3 N–H and O–H groups in total. The lowest BCUT2D eigenvalue weighted by Gasteiger charge is -2.13. The standard InChI is InChI=1S/C12H21ClN4/c1-7(2)5-6-15-12-9(14)10(13)16-11(17-12)8(3)4/h7-8H,5-6,14H2,1-4H3,(H,15,16,17). The molecule has 96 valence electrons. The van der Waals surface area contributed by atoms with E-state index in [1.807, 2.05) is 13.8 Å². The number of nitrogens with two attached hydrogens (primary N) is 1. The molecule has 0 bridgehead atoms. The Kier molecular flexibility index (Phi) is 5.00. The highest BCUT2D eigenvalue weighted by Crippen LogP contribution is 2.26. The van der Waals surface area contributed by atoms with E-state index in [2.05, 4.69) is 29.1 Å². The third-order valence-electron chi connectivity index (χ3n) is 2.45. The summed E-state index contributed by atoms with van der Waals surface area (Å²) in [5.74, 6) is 2.25. The summed E-state index contributed by atoms with van der Waals surface area (Å²) in [5.41, 5.74) is 6.28. The van der Waals surface area contributed by atoms with Crippen LogP contribution < -0.4 is 11.1 Å². The van der Waals surface area contributed by atoms with Gasteiger partial charge in [0.25, 0.3) is 0 Å². The largest absolute Gasteiger partial charge is 0.393 e. The number of nitrogen functional groups attached to an aromatic ring is 1. The minimum absolute atomic E-state index is 0.235. The van der Waals surface area contributed by atoms with Gasteiger partial charge in [0, 0.05) is 12.5 Å². The highest BCUT2D eigenvalue weighted by molar-refractivity contribution is 6.32. The maximum absolute atomic E-state index is 5.99. The van der Waals surface area contributed by atoms with Gasteiger partial charge in [0.1, 0.15) is 11.5 Å². The molecule has 1 rings (SSSR count). The van der Waals surface area contributed by atoms with Crippen LogP contribution in [-0.4, -0.2) is 16.5 Å². The molecular formula is C12H21ClN4. The summed E-state index contributed by atoms with van der Waals surface area (Å²) in [6, 6.07) is 0. The molecule has 0 unspecified atom stereocenters. The van der Waals surface area contributed by atoms with Crippen LogP contribution in [0.2, 0.25) is 5.15 Å². The lowest BCUT2D eigenvalue weighted by molar-refractivity contribution is 0.606. The normalized spacial score (nSPS) is 11.2. The monoisotopic (exact) mass is 256 g/mol. The summed E-state index contributed by atoms with van der Waals surface area (Å²) >= 11 is 5.99. The van der Waals surface area contributed by atoms with Crippen LogP contribution in [-0.2, 0) is 0 Å². The van der Waals surface area contributed by atoms with Gasteiger partial charge in [-0.05, 0) is 12.3 Å². The van der Waals surface area contributed by atoms with E-state index < -0.39 is 0 Å². The second-order valence-electron chi connectivity index (χ2n) is 4.90. The van der Waals surface area contributed by atoms with E-state index in [-0.39, 0.29) is 5.92 Å². The zero-order chi connectivity index (χ0) is 13.0. The van der Waals surface area contributed by atoms with Gasteiger partial charge in [0.05, 0.1) is 0 Å². The Balaban J connectivity index is 2.82. The van der Waals surface area contributed by atoms with Gasteiger partial charge in [-0.1, -0.05) is 39.3 Å². The SMILES string of the molecule is CC(C)CCNc1nc(C(C)C)nc(Cl)c1N. The molecule has 1 aromatic heterocycles. The second-order valence-corrected chi connectivity index (χ2v) is 5.26. The van der Waals surface area contributed by atoms with Gasteiger partial charge < -0.3 is 11.1 Å². The Morgan fingerprint density at radius 3 is 2.41 bits per heavy atom. The first-order valence-electron chi connectivity index (χ1n) is 5.98. The maximum Gasteiger partial charge on any atom is 0.157 e. The fourth-order valence-electron chi connectivity index (χ4n) is 1.33. The Labute approximate surface area is 108 Å². The first-order chi connectivity index (χ1) is 7.91. The summed E-state index contributed by atoms with van der Waals surface area (Å²) in [4.78, 5) is 8.56. The molecule has 0 saturated carbocycles. The van der Waals surface area contributed by atoms with Crippen LogP contribution in [0.3, 0.4) is 0 Å². The zero-order valence-corrected chi connectivity index (χ0v) is 11.7. The Bertz CT molecular complexity index is 377. The van der Waals surface area contributed by atoms with Crippen molar-refractivity contribution in [2.24, 2.45) is 5.92 Å². The van der Waals surface area contributed by atoms with Crippen LogP contribution >= 0.6 is 11.6 Å². The van der Waals surface area contributed by atoms with Crippen LogP contribution in [0.5, 0.6) is 0 Å². The maximum atomic E-state index is 5.99. The molecule has 0 amide bonds. The third kappa shape index (κ3) is 4.04. The number of hydrogen-bond acceptors (Lipinski definition) is 4. The van der Waals surface area contributed by atoms with Crippen molar-refractivity contribution in [2.75, 3.05) is 17.6 Å². The predicted molar refractivity (Wildman–Crippen MR) is 73.5 cm³/mol. The molecule has 0 aliphatic heterocycles. The molecule has 1 aromatic rings. The first-order valence-corrected chi connectivity index (χ1v) is 6.36. The number of nitrogens with zero attached hydrogens (tertiary/aromatic N) is 2. The lowest BCUT2D eigenvalue weighted by Crippen LogP contribution is -2.11. The summed E-state index contributed by atoms with van der Waals surface area (Å²) in [6.45, 7) is 9.25. The number of halogens is 1. The van der Waals surface area contributed by atoms with Gasteiger partial charge in [0.15, 0.2) is 11.0 Å². The quantitative estimate of drug-likeness (QED) is 0.794. The molecule has 0 spiro atoms. The lowest BCUT2D eigenvalue weighted by atomic mass is 10.1. The van der Waals surface area contributed by atoms with Gasteiger partial charge in [-0.2, -0.15) is 0 Å². The number of aromatic nitrogens is 2. The molecule has 4 nitrogen and oxygen atoms in total. The third-order valence-corrected chi connectivity index (χ3v) is 2.74. The Hall–Kier alpha value is -1.03. The van der Waals surface area contributed by atoms with E-state index in [1.54, 1.807) is 0 Å². The van der Waals surface area contributed by atoms with Crippen molar-refractivity contribution >= 4 is 23.1 Å². The van der Waals surface area contributed by atoms with Crippen molar-refractivity contribution in [2.45, 2.75) is 40.0 Å². The molecule has 0 aliphatic rings. The summed E-state index contributed by atoms with van der Waals surface area (Å²) in [7, 11) is 0. The molecule has 5 heteroatoms. The Morgan fingerprint density at radius 1 is 1.24 bits per heavy atom. The smallest absolute Gasteiger partial charge is 0.157 e. The van der Waals surface area contributed by atoms with Crippen molar-refractivity contribution in [3.8, 4) is 0 Å². The van der Waals surface area contributed by atoms with Crippen molar-refractivity contribution in [1.29, 1.82) is 0 Å². The van der Waals surface area contributed by atoms with Gasteiger partial charge in [-0.15, -0.1) is 0 Å². The molecule has 0 fully saturated rings. The summed E-state index contributed by atoms with van der Waals surface area (Å²) < 4.78 is 0. The Morgan fingerprint density at radius 2 is 1.88 bits per heavy atom. The minimum Gasteiger partial charge on any atom is -0.393 e. The second kappa shape index (κ2) is 6.05. The van der Waals surface area contributed by atoms with E-state index in [9.17, 15) is 0 Å². The average molecular weight is 257 g/mol. The van der Waals surface area contributed by atoms with Gasteiger partial charge in [-0.25, -0.2) is 9.97 Å².